The number of fused-ring (bicyclic) bond motifs is 1. The number of esters is 1. The molecule has 1 unspecified atom stereocenters. The Hall–Kier alpha value is -3.15. The van der Waals surface area contributed by atoms with E-state index < -0.39 is 11.9 Å². The number of nitrogens with two attached hydrogens (primary N) is 1. The summed E-state index contributed by atoms with van der Waals surface area (Å²) in [5.74, 6) is -0.624. The summed E-state index contributed by atoms with van der Waals surface area (Å²) in [5.41, 5.74) is 7.57. The fourth-order valence-corrected chi connectivity index (χ4v) is 2.76. The topological polar surface area (TPSA) is 102 Å². The molecule has 1 aliphatic heterocycles. The molecule has 6 heteroatoms. The molecular formula is C18H17NO5. The van der Waals surface area contributed by atoms with Crippen molar-refractivity contribution in [3.05, 3.63) is 65.0 Å². The summed E-state index contributed by atoms with van der Waals surface area (Å²) >= 11 is 0. The molecule has 24 heavy (non-hydrogen) atoms. The molecule has 0 saturated heterocycles. The number of carbonyl (C=O) groups excluding carboxylic acids is 1. The van der Waals surface area contributed by atoms with Gasteiger partial charge in [-0.3, -0.25) is 0 Å². The molecular weight excluding hydrogens is 310 g/mol. The molecule has 6 nitrogen and oxygen atoms in total. The van der Waals surface area contributed by atoms with Crippen LogP contribution in [0.4, 0.5) is 0 Å². The van der Waals surface area contributed by atoms with E-state index >= 15 is 0 Å². The molecule has 1 atom stereocenters. The summed E-state index contributed by atoms with van der Waals surface area (Å²) in [6.45, 7) is 1.92. The van der Waals surface area contributed by atoms with Gasteiger partial charge < -0.3 is 25.4 Å². The largest absolute Gasteiger partial charge is 0.508 e. The highest BCUT2D eigenvalue weighted by molar-refractivity contribution is 5.92. The van der Waals surface area contributed by atoms with Gasteiger partial charge in [0.1, 0.15) is 22.8 Å². The second-order valence-electron chi connectivity index (χ2n) is 5.35. The maximum Gasteiger partial charge on any atom is 0.340 e. The maximum atomic E-state index is 12.4. The normalized spacial score (nSPS) is 16.3. The summed E-state index contributed by atoms with van der Waals surface area (Å²) in [6, 6.07) is 11.1. The average Bonchev–Trinajstić information content (AvgIpc) is 2.54. The molecule has 0 fully saturated rings. The highest BCUT2D eigenvalue weighted by atomic mass is 16.5. The molecule has 2 aromatic rings. The summed E-state index contributed by atoms with van der Waals surface area (Å²) in [6.07, 6.45) is 0. The lowest BCUT2D eigenvalue weighted by molar-refractivity contribution is -0.139. The highest BCUT2D eigenvalue weighted by Gasteiger charge is 2.35. The quantitative estimate of drug-likeness (QED) is 0.748. The smallest absolute Gasteiger partial charge is 0.340 e. The Morgan fingerprint density at radius 1 is 1.17 bits per heavy atom. The number of aromatic hydroxyl groups is 2. The monoisotopic (exact) mass is 327 g/mol. The first kappa shape index (κ1) is 15.7. The molecule has 0 aromatic heterocycles. The number of ether oxygens (including phenoxy) is 2. The number of phenols is 2. The van der Waals surface area contributed by atoms with Gasteiger partial charge in [0.05, 0.1) is 12.5 Å². The molecule has 0 radical (unpaired) electrons. The molecule has 3 rings (SSSR count). The van der Waals surface area contributed by atoms with E-state index in [0.717, 1.165) is 5.56 Å². The molecule has 0 bridgehead atoms. The summed E-state index contributed by atoms with van der Waals surface area (Å²) in [7, 11) is 0. The number of hydrogen-bond acceptors (Lipinski definition) is 6. The number of phenolic OH excluding ortho intramolecular Hbond substituents is 2. The lowest BCUT2D eigenvalue weighted by Gasteiger charge is -2.28. The van der Waals surface area contributed by atoms with Gasteiger partial charge in [-0.25, -0.2) is 4.79 Å². The van der Waals surface area contributed by atoms with E-state index in [2.05, 4.69) is 0 Å². The van der Waals surface area contributed by atoms with E-state index in [4.69, 9.17) is 15.2 Å². The Kier molecular flexibility index (Phi) is 4.04. The molecule has 0 aliphatic carbocycles. The van der Waals surface area contributed by atoms with Gasteiger partial charge in [0.25, 0.3) is 0 Å². The maximum absolute atomic E-state index is 12.4. The van der Waals surface area contributed by atoms with Crippen molar-refractivity contribution in [3.8, 4) is 17.2 Å². The van der Waals surface area contributed by atoms with E-state index in [1.165, 1.54) is 24.3 Å². The van der Waals surface area contributed by atoms with Crippen LogP contribution in [0.2, 0.25) is 0 Å². The van der Waals surface area contributed by atoms with Gasteiger partial charge in [-0.2, -0.15) is 0 Å². The molecule has 0 amide bonds. The molecule has 4 N–H and O–H groups in total. The minimum absolute atomic E-state index is 0.0330. The lowest BCUT2D eigenvalue weighted by Crippen LogP contribution is -2.27. The Labute approximate surface area is 138 Å². The average molecular weight is 327 g/mol. The van der Waals surface area contributed by atoms with Crippen molar-refractivity contribution in [1.82, 2.24) is 0 Å². The second-order valence-corrected chi connectivity index (χ2v) is 5.35. The first-order valence-corrected chi connectivity index (χ1v) is 7.47. The van der Waals surface area contributed by atoms with Crippen LogP contribution in [0.1, 0.15) is 24.0 Å². The summed E-state index contributed by atoms with van der Waals surface area (Å²) in [4.78, 5) is 12.4. The van der Waals surface area contributed by atoms with Crippen molar-refractivity contribution in [2.45, 2.75) is 12.8 Å². The standard InChI is InChI=1S/C18H17NO5/c1-2-23-18(22)16-15(10-3-5-11(20)6-4-10)13-8-7-12(21)9-14(13)24-17(16)19/h3-9,15,20-21H,2,19H2,1H3. The van der Waals surface area contributed by atoms with E-state index in [1.807, 2.05) is 0 Å². The second kappa shape index (κ2) is 6.16. The fourth-order valence-electron chi connectivity index (χ4n) is 2.76. The van der Waals surface area contributed by atoms with Crippen LogP contribution in [0, 0.1) is 0 Å². The molecule has 0 saturated carbocycles. The van der Waals surface area contributed by atoms with E-state index in [1.54, 1.807) is 25.1 Å². The van der Waals surface area contributed by atoms with Crippen LogP contribution in [0.15, 0.2) is 53.9 Å². The number of hydrogen-bond donors (Lipinski definition) is 3. The highest BCUT2D eigenvalue weighted by Crippen LogP contribution is 2.44. The van der Waals surface area contributed by atoms with Crippen molar-refractivity contribution in [1.29, 1.82) is 0 Å². The minimum Gasteiger partial charge on any atom is -0.508 e. The zero-order chi connectivity index (χ0) is 17.3. The predicted octanol–water partition coefficient (Wildman–Crippen LogP) is 2.36. The van der Waals surface area contributed by atoms with Gasteiger partial charge in [-0.05, 0) is 30.7 Å². The number of carbonyl (C=O) groups is 1. The summed E-state index contributed by atoms with van der Waals surface area (Å²) in [5, 5.41) is 19.2. The van der Waals surface area contributed by atoms with Crippen LogP contribution in [-0.2, 0) is 9.53 Å². The van der Waals surface area contributed by atoms with E-state index in [0.29, 0.717) is 11.3 Å². The first-order chi connectivity index (χ1) is 11.5. The first-order valence-electron chi connectivity index (χ1n) is 7.47. The number of rotatable bonds is 3. The van der Waals surface area contributed by atoms with Crippen LogP contribution in [0.5, 0.6) is 17.2 Å². The van der Waals surface area contributed by atoms with Crippen molar-refractivity contribution in [2.75, 3.05) is 6.61 Å². The van der Waals surface area contributed by atoms with Crippen LogP contribution in [-0.4, -0.2) is 22.8 Å². The SMILES string of the molecule is CCOC(=O)C1=C(N)Oc2cc(O)ccc2C1c1ccc(O)cc1. The van der Waals surface area contributed by atoms with E-state index in [-0.39, 0.29) is 29.6 Å². The van der Waals surface area contributed by atoms with Crippen LogP contribution >= 0.6 is 0 Å². The summed E-state index contributed by atoms with van der Waals surface area (Å²) < 4.78 is 10.6. The fraction of sp³-hybridized carbons (Fsp3) is 0.167. The van der Waals surface area contributed by atoms with Crippen molar-refractivity contribution >= 4 is 5.97 Å². The molecule has 124 valence electrons. The molecule has 1 aliphatic rings. The van der Waals surface area contributed by atoms with Crippen LogP contribution < -0.4 is 10.5 Å². The third kappa shape index (κ3) is 2.74. The molecule has 1 heterocycles. The molecule has 2 aromatic carbocycles. The lowest BCUT2D eigenvalue weighted by atomic mass is 9.83. The Morgan fingerprint density at radius 2 is 1.83 bits per heavy atom. The van der Waals surface area contributed by atoms with Gasteiger partial charge in [0.15, 0.2) is 0 Å². The zero-order valence-electron chi connectivity index (χ0n) is 13.0. The zero-order valence-corrected chi connectivity index (χ0v) is 13.0. The van der Waals surface area contributed by atoms with E-state index in [9.17, 15) is 15.0 Å². The Bertz CT molecular complexity index is 811. The van der Waals surface area contributed by atoms with Crippen LogP contribution in [0.3, 0.4) is 0 Å². The van der Waals surface area contributed by atoms with Crippen LogP contribution in [0.25, 0.3) is 0 Å². The third-order valence-electron chi connectivity index (χ3n) is 3.80. The van der Waals surface area contributed by atoms with Gasteiger partial charge in [0.2, 0.25) is 5.88 Å². The number of benzene rings is 2. The van der Waals surface area contributed by atoms with Crippen molar-refractivity contribution in [3.63, 3.8) is 0 Å². The van der Waals surface area contributed by atoms with Crippen molar-refractivity contribution < 1.29 is 24.5 Å². The van der Waals surface area contributed by atoms with Crippen molar-refractivity contribution in [2.24, 2.45) is 5.73 Å². The van der Waals surface area contributed by atoms with Gasteiger partial charge in [0, 0.05) is 11.6 Å². The Morgan fingerprint density at radius 3 is 2.50 bits per heavy atom. The molecule has 0 spiro atoms. The van der Waals surface area contributed by atoms with Gasteiger partial charge in [-0.15, -0.1) is 0 Å². The predicted molar refractivity (Wildman–Crippen MR) is 86.5 cm³/mol. The van der Waals surface area contributed by atoms with Gasteiger partial charge >= 0.3 is 5.97 Å². The van der Waals surface area contributed by atoms with Gasteiger partial charge in [-0.1, -0.05) is 18.2 Å². The minimum atomic E-state index is -0.563. The Balaban J connectivity index is 2.18. The third-order valence-corrected chi connectivity index (χ3v) is 3.80.